The van der Waals surface area contributed by atoms with Gasteiger partial charge in [-0.05, 0) is 0 Å². The van der Waals surface area contributed by atoms with Crippen molar-refractivity contribution >= 4 is 5.97 Å². The van der Waals surface area contributed by atoms with Crippen molar-refractivity contribution in [2.24, 2.45) is 0 Å². The Bertz CT molecular complexity index is 412. The molecule has 132 valence electrons. The summed E-state index contributed by atoms with van der Waals surface area (Å²) in [5, 5.41) is 0. The van der Waals surface area contributed by atoms with E-state index < -0.39 is 48.7 Å². The van der Waals surface area contributed by atoms with Crippen LogP contribution < -0.4 is 0 Å². The summed E-state index contributed by atoms with van der Waals surface area (Å²) in [6.45, 7) is 0. The molecule has 0 bridgehead atoms. The van der Waals surface area contributed by atoms with Crippen LogP contribution in [0, 0.1) is 0 Å². The fraction of sp³-hybridized carbons (Fsp3) is 0.889. The second-order valence-electron chi connectivity index (χ2n) is 4.05. The van der Waals surface area contributed by atoms with Crippen molar-refractivity contribution in [2.45, 2.75) is 42.7 Å². The number of hydrogen-bond donors (Lipinski definition) is 0. The monoisotopic (exact) mass is 356 g/mol. The quantitative estimate of drug-likeness (QED) is 0.530. The molecule has 2 nitrogen and oxygen atoms in total. The maximum atomic E-state index is 12.9. The highest BCUT2D eigenvalue weighted by atomic mass is 19.4. The van der Waals surface area contributed by atoms with E-state index in [1.807, 2.05) is 0 Å². The van der Waals surface area contributed by atoms with Gasteiger partial charge in [-0.3, -0.25) is 0 Å². The Labute approximate surface area is 115 Å². The van der Waals surface area contributed by atoms with Crippen LogP contribution in [-0.2, 0) is 9.53 Å². The summed E-state index contributed by atoms with van der Waals surface area (Å²) < 4.78 is 140. The van der Waals surface area contributed by atoms with Gasteiger partial charge in [-0.2, -0.15) is 48.3 Å². The standard InChI is InChI=1S/C9H7F11O2/c1-22-4(21)5(10,11)2-3-6(12,13)7(14,15)8(16,17)9(18,19)20/h2-3H2,1H3. The highest BCUT2D eigenvalue weighted by Crippen LogP contribution is 2.54. The van der Waals surface area contributed by atoms with Crippen LogP contribution in [0.15, 0.2) is 0 Å². The summed E-state index contributed by atoms with van der Waals surface area (Å²) >= 11 is 0. The van der Waals surface area contributed by atoms with Gasteiger partial charge in [0.2, 0.25) is 0 Å². The molecular weight excluding hydrogens is 349 g/mol. The first-order valence-corrected chi connectivity index (χ1v) is 5.10. The molecule has 0 heterocycles. The van der Waals surface area contributed by atoms with E-state index in [-0.39, 0.29) is 0 Å². The van der Waals surface area contributed by atoms with Gasteiger partial charge in [-0.25, -0.2) is 4.79 Å². The SMILES string of the molecule is COC(=O)C(F)(F)CCC(F)(F)C(F)(F)C(F)(F)C(F)(F)F. The third-order valence-electron chi connectivity index (χ3n) is 2.45. The molecule has 0 aliphatic rings. The van der Waals surface area contributed by atoms with E-state index in [0.717, 1.165) is 0 Å². The molecule has 0 atom stereocenters. The smallest absolute Gasteiger partial charge is 0.460 e. The summed E-state index contributed by atoms with van der Waals surface area (Å²) in [6.07, 6.45) is -12.3. The number of halogens is 11. The van der Waals surface area contributed by atoms with Crippen LogP contribution in [0.1, 0.15) is 12.8 Å². The van der Waals surface area contributed by atoms with Gasteiger partial charge in [0, 0.05) is 12.8 Å². The van der Waals surface area contributed by atoms with Crippen LogP contribution in [0.25, 0.3) is 0 Å². The summed E-state index contributed by atoms with van der Waals surface area (Å²) in [5.41, 5.74) is 0. The number of alkyl halides is 11. The highest BCUT2D eigenvalue weighted by Gasteiger charge is 2.81. The second kappa shape index (κ2) is 5.72. The molecular formula is C9H7F11O2. The molecule has 0 amide bonds. The fourth-order valence-electron chi connectivity index (χ4n) is 1.13. The van der Waals surface area contributed by atoms with E-state index in [1.54, 1.807) is 0 Å². The highest BCUT2D eigenvalue weighted by molar-refractivity contribution is 5.77. The number of ether oxygens (including phenoxy) is 1. The Kier molecular flexibility index (Phi) is 5.38. The van der Waals surface area contributed by atoms with E-state index in [4.69, 9.17) is 0 Å². The van der Waals surface area contributed by atoms with E-state index in [1.165, 1.54) is 0 Å². The summed E-state index contributed by atoms with van der Waals surface area (Å²) in [5.74, 6) is -27.5. The van der Waals surface area contributed by atoms with Crippen molar-refractivity contribution in [3.63, 3.8) is 0 Å². The number of carbonyl (C=O) groups is 1. The number of esters is 1. The summed E-state index contributed by atoms with van der Waals surface area (Å²) in [4.78, 5) is 10.4. The minimum atomic E-state index is -7.16. The van der Waals surface area contributed by atoms with E-state index in [2.05, 4.69) is 4.74 Å². The van der Waals surface area contributed by atoms with Gasteiger partial charge in [0.1, 0.15) is 0 Å². The minimum absolute atomic E-state index is 0.390. The number of rotatable bonds is 6. The van der Waals surface area contributed by atoms with Crippen LogP contribution in [0.2, 0.25) is 0 Å². The number of hydrogen-bond acceptors (Lipinski definition) is 2. The molecule has 0 aliphatic heterocycles. The van der Waals surface area contributed by atoms with E-state index in [9.17, 15) is 53.1 Å². The van der Waals surface area contributed by atoms with Gasteiger partial charge in [-0.1, -0.05) is 0 Å². The molecule has 0 aliphatic carbocycles. The molecule has 0 saturated heterocycles. The minimum Gasteiger partial charge on any atom is -0.465 e. The molecule has 0 aromatic carbocycles. The maximum Gasteiger partial charge on any atom is 0.460 e. The molecule has 0 saturated carbocycles. The van der Waals surface area contributed by atoms with E-state index in [0.29, 0.717) is 7.11 Å². The van der Waals surface area contributed by atoms with Gasteiger partial charge in [0.15, 0.2) is 0 Å². The van der Waals surface area contributed by atoms with Crippen LogP contribution >= 0.6 is 0 Å². The van der Waals surface area contributed by atoms with Crippen molar-refractivity contribution in [3.8, 4) is 0 Å². The van der Waals surface area contributed by atoms with Gasteiger partial charge >= 0.3 is 35.8 Å². The molecule has 0 fully saturated rings. The normalized spacial score (nSPS) is 14.9. The third-order valence-corrected chi connectivity index (χ3v) is 2.45. The van der Waals surface area contributed by atoms with E-state index >= 15 is 0 Å². The first-order chi connectivity index (χ1) is 9.44. The number of carbonyl (C=O) groups excluding carboxylic acids is 1. The average Bonchev–Trinajstić information content (AvgIpc) is 2.33. The maximum absolute atomic E-state index is 12.9. The summed E-state index contributed by atoms with van der Waals surface area (Å²) in [6, 6.07) is 0. The molecule has 0 spiro atoms. The Morgan fingerprint density at radius 2 is 1.18 bits per heavy atom. The van der Waals surface area contributed by atoms with Crippen LogP contribution in [0.5, 0.6) is 0 Å². The third kappa shape index (κ3) is 3.54. The lowest BCUT2D eigenvalue weighted by Crippen LogP contribution is -2.61. The molecule has 0 radical (unpaired) electrons. The van der Waals surface area contributed by atoms with Gasteiger partial charge < -0.3 is 4.74 Å². The largest absolute Gasteiger partial charge is 0.465 e. The van der Waals surface area contributed by atoms with Crippen LogP contribution in [0.4, 0.5) is 48.3 Å². The Balaban J connectivity index is 5.36. The van der Waals surface area contributed by atoms with Crippen molar-refractivity contribution in [1.29, 1.82) is 0 Å². The number of methoxy groups -OCH3 is 1. The predicted molar refractivity (Wildman–Crippen MR) is 47.1 cm³/mol. The van der Waals surface area contributed by atoms with Gasteiger partial charge in [0.25, 0.3) is 0 Å². The van der Waals surface area contributed by atoms with Crippen LogP contribution in [-0.4, -0.2) is 42.9 Å². The summed E-state index contributed by atoms with van der Waals surface area (Å²) in [7, 11) is 0.390. The lowest BCUT2D eigenvalue weighted by molar-refractivity contribution is -0.397. The Morgan fingerprint density at radius 3 is 1.50 bits per heavy atom. The van der Waals surface area contributed by atoms with Crippen molar-refractivity contribution in [2.75, 3.05) is 7.11 Å². The average molecular weight is 356 g/mol. The Hall–Kier alpha value is -1.30. The molecule has 0 aromatic heterocycles. The van der Waals surface area contributed by atoms with Gasteiger partial charge in [-0.15, -0.1) is 0 Å². The molecule has 0 N–H and O–H groups in total. The van der Waals surface area contributed by atoms with Crippen molar-refractivity contribution in [3.05, 3.63) is 0 Å². The zero-order valence-corrected chi connectivity index (χ0v) is 10.4. The van der Waals surface area contributed by atoms with Crippen LogP contribution in [0.3, 0.4) is 0 Å². The predicted octanol–water partition coefficient (Wildman–Crippen LogP) is 4.04. The zero-order valence-electron chi connectivity index (χ0n) is 10.4. The molecule has 0 rings (SSSR count). The molecule has 0 unspecified atom stereocenters. The Morgan fingerprint density at radius 1 is 0.773 bits per heavy atom. The lowest BCUT2D eigenvalue weighted by Gasteiger charge is -2.34. The first-order valence-electron chi connectivity index (χ1n) is 5.10. The molecule has 0 aromatic rings. The van der Waals surface area contributed by atoms with Crippen molar-refractivity contribution in [1.82, 2.24) is 0 Å². The topological polar surface area (TPSA) is 26.3 Å². The zero-order chi connectivity index (χ0) is 18.2. The lowest BCUT2D eigenvalue weighted by atomic mass is 9.98. The molecule has 22 heavy (non-hydrogen) atoms. The fourth-order valence-corrected chi connectivity index (χ4v) is 1.13. The van der Waals surface area contributed by atoms with Crippen molar-refractivity contribution < 1.29 is 57.8 Å². The first kappa shape index (κ1) is 20.7. The second-order valence-corrected chi connectivity index (χ2v) is 4.05. The molecule has 13 heteroatoms. The van der Waals surface area contributed by atoms with Gasteiger partial charge in [0.05, 0.1) is 7.11 Å².